The molecule has 5 nitrogen and oxygen atoms in total. The number of aryl methyl sites for hydroxylation is 1. The molecule has 3 rings (SSSR count). The van der Waals surface area contributed by atoms with Gasteiger partial charge in [0.05, 0.1) is 0 Å². The monoisotopic (exact) mass is 433 g/mol. The summed E-state index contributed by atoms with van der Waals surface area (Å²) in [6.45, 7) is 3.40. The first-order valence-corrected chi connectivity index (χ1v) is 10.2. The molecular weight excluding hydrogens is 409 g/mol. The highest BCUT2D eigenvalue weighted by Crippen LogP contribution is 2.16. The third kappa shape index (κ3) is 6.11. The SMILES string of the molecule is Cc1ccc(C(=O)[C@H](C)OC(=O)[C@H](CC(=O)c2ccccc2)Nc2ccc(F)cc2)cc1. The molecule has 0 unspecified atom stereocenters. The minimum atomic E-state index is -1.05. The molecule has 0 heterocycles. The van der Waals surface area contributed by atoms with Gasteiger partial charge in [-0.25, -0.2) is 9.18 Å². The number of esters is 1. The number of Topliss-reactive ketones (excluding diaryl/α,β-unsaturated/α-hetero) is 2. The Kier molecular flexibility index (Phi) is 7.49. The summed E-state index contributed by atoms with van der Waals surface area (Å²) in [7, 11) is 0. The second-order valence-corrected chi connectivity index (χ2v) is 7.51. The molecule has 0 saturated carbocycles. The number of ketones is 2. The smallest absolute Gasteiger partial charge is 0.329 e. The summed E-state index contributed by atoms with van der Waals surface area (Å²) in [4.78, 5) is 38.3. The Morgan fingerprint density at radius 1 is 0.875 bits per heavy atom. The highest BCUT2D eigenvalue weighted by Gasteiger charge is 2.28. The van der Waals surface area contributed by atoms with Gasteiger partial charge < -0.3 is 10.1 Å². The fourth-order valence-corrected chi connectivity index (χ4v) is 3.13. The number of anilines is 1. The van der Waals surface area contributed by atoms with Crippen LogP contribution in [0.3, 0.4) is 0 Å². The van der Waals surface area contributed by atoms with Crippen LogP contribution in [-0.4, -0.2) is 29.7 Å². The molecule has 3 aromatic carbocycles. The average molecular weight is 433 g/mol. The Bertz CT molecular complexity index is 1080. The molecule has 1 N–H and O–H groups in total. The highest BCUT2D eigenvalue weighted by atomic mass is 19.1. The van der Waals surface area contributed by atoms with E-state index in [1.54, 1.807) is 54.6 Å². The molecule has 0 saturated heterocycles. The molecule has 0 amide bonds. The minimum absolute atomic E-state index is 0.189. The molecule has 0 radical (unpaired) electrons. The molecule has 2 atom stereocenters. The van der Waals surface area contributed by atoms with E-state index in [-0.39, 0.29) is 18.0 Å². The number of carbonyl (C=O) groups is 3. The number of nitrogens with one attached hydrogen (secondary N) is 1. The molecule has 0 aliphatic heterocycles. The Morgan fingerprint density at radius 3 is 2.12 bits per heavy atom. The molecule has 0 aromatic heterocycles. The lowest BCUT2D eigenvalue weighted by Gasteiger charge is -2.21. The number of rotatable bonds is 9. The van der Waals surface area contributed by atoms with Crippen molar-refractivity contribution in [2.75, 3.05) is 5.32 Å². The molecule has 0 bridgehead atoms. The first-order valence-electron chi connectivity index (χ1n) is 10.2. The Hall–Kier alpha value is -3.80. The number of hydrogen-bond acceptors (Lipinski definition) is 5. The average Bonchev–Trinajstić information content (AvgIpc) is 2.80. The summed E-state index contributed by atoms with van der Waals surface area (Å²) in [6, 6.07) is 19.9. The van der Waals surface area contributed by atoms with E-state index in [1.165, 1.54) is 31.2 Å². The van der Waals surface area contributed by atoms with Gasteiger partial charge in [0, 0.05) is 23.2 Å². The first-order chi connectivity index (χ1) is 15.3. The van der Waals surface area contributed by atoms with Crippen molar-refractivity contribution >= 4 is 23.2 Å². The first kappa shape index (κ1) is 22.9. The van der Waals surface area contributed by atoms with Crippen molar-refractivity contribution in [3.63, 3.8) is 0 Å². The van der Waals surface area contributed by atoms with E-state index < -0.39 is 23.9 Å². The maximum Gasteiger partial charge on any atom is 0.329 e. The van der Waals surface area contributed by atoms with Gasteiger partial charge in [-0.3, -0.25) is 9.59 Å². The molecule has 32 heavy (non-hydrogen) atoms. The van der Waals surface area contributed by atoms with Gasteiger partial charge in [0.15, 0.2) is 11.9 Å². The number of ether oxygens (including phenoxy) is 1. The van der Waals surface area contributed by atoms with Gasteiger partial charge >= 0.3 is 5.97 Å². The van der Waals surface area contributed by atoms with Gasteiger partial charge in [0.1, 0.15) is 11.9 Å². The second-order valence-electron chi connectivity index (χ2n) is 7.51. The normalized spacial score (nSPS) is 12.5. The van der Waals surface area contributed by atoms with Crippen molar-refractivity contribution < 1.29 is 23.5 Å². The molecule has 164 valence electrons. The van der Waals surface area contributed by atoms with Crippen molar-refractivity contribution in [2.24, 2.45) is 0 Å². The third-order valence-corrected chi connectivity index (χ3v) is 4.95. The third-order valence-electron chi connectivity index (χ3n) is 4.95. The second kappa shape index (κ2) is 10.5. The topological polar surface area (TPSA) is 72.5 Å². The largest absolute Gasteiger partial charge is 0.453 e. The zero-order valence-corrected chi connectivity index (χ0v) is 17.9. The number of carbonyl (C=O) groups excluding carboxylic acids is 3. The summed E-state index contributed by atoms with van der Waals surface area (Å²) in [5, 5.41) is 2.92. The molecule has 0 aliphatic rings. The van der Waals surface area contributed by atoms with E-state index >= 15 is 0 Å². The lowest BCUT2D eigenvalue weighted by atomic mass is 10.0. The molecule has 0 fully saturated rings. The van der Waals surface area contributed by atoms with Gasteiger partial charge in [0.2, 0.25) is 5.78 Å². The summed E-state index contributed by atoms with van der Waals surface area (Å²) in [5.41, 5.74) is 2.34. The van der Waals surface area contributed by atoms with Crippen LogP contribution in [0.1, 0.15) is 39.6 Å². The van der Waals surface area contributed by atoms with Crippen LogP contribution < -0.4 is 5.32 Å². The highest BCUT2D eigenvalue weighted by molar-refractivity contribution is 6.02. The minimum Gasteiger partial charge on any atom is -0.453 e. The number of halogens is 1. The zero-order chi connectivity index (χ0) is 23.1. The van der Waals surface area contributed by atoms with Crippen LogP contribution in [0.25, 0.3) is 0 Å². The Labute approximate surface area is 186 Å². The van der Waals surface area contributed by atoms with Crippen LogP contribution in [0.2, 0.25) is 0 Å². The van der Waals surface area contributed by atoms with E-state index in [0.717, 1.165) is 5.56 Å². The van der Waals surface area contributed by atoms with Crippen LogP contribution in [0.5, 0.6) is 0 Å². The maximum absolute atomic E-state index is 13.3. The van der Waals surface area contributed by atoms with Gasteiger partial charge in [0.25, 0.3) is 0 Å². The van der Waals surface area contributed by atoms with Crippen LogP contribution in [-0.2, 0) is 9.53 Å². The van der Waals surface area contributed by atoms with Gasteiger partial charge in [-0.2, -0.15) is 0 Å². The van der Waals surface area contributed by atoms with E-state index in [4.69, 9.17) is 4.74 Å². The summed E-state index contributed by atoms with van der Waals surface area (Å²) < 4.78 is 18.7. The molecule has 6 heteroatoms. The van der Waals surface area contributed by atoms with Crippen LogP contribution in [0.4, 0.5) is 10.1 Å². The van der Waals surface area contributed by atoms with Crippen molar-refractivity contribution in [1.29, 1.82) is 0 Å². The zero-order valence-electron chi connectivity index (χ0n) is 17.9. The van der Waals surface area contributed by atoms with Crippen molar-refractivity contribution in [3.05, 3.63) is 101 Å². The lowest BCUT2D eigenvalue weighted by Crippen LogP contribution is -2.37. The van der Waals surface area contributed by atoms with E-state index in [1.807, 2.05) is 6.92 Å². The van der Waals surface area contributed by atoms with Crippen LogP contribution in [0.15, 0.2) is 78.9 Å². The Morgan fingerprint density at radius 2 is 1.50 bits per heavy atom. The van der Waals surface area contributed by atoms with Crippen molar-refractivity contribution in [3.8, 4) is 0 Å². The number of hydrogen-bond donors (Lipinski definition) is 1. The maximum atomic E-state index is 13.3. The van der Waals surface area contributed by atoms with E-state index in [2.05, 4.69) is 5.32 Å². The van der Waals surface area contributed by atoms with Crippen molar-refractivity contribution in [2.45, 2.75) is 32.4 Å². The molecule has 0 aliphatic carbocycles. The Balaban J connectivity index is 1.75. The summed E-state index contributed by atoms with van der Waals surface area (Å²) >= 11 is 0. The standard InChI is InChI=1S/C26H24FNO4/c1-17-8-10-20(11-9-17)25(30)18(2)32-26(31)23(28-22-14-12-21(27)13-15-22)16-24(29)19-6-4-3-5-7-19/h3-15,18,23,28H,16H2,1-2H3/t18-,23-/m0/s1. The lowest BCUT2D eigenvalue weighted by molar-refractivity contribution is -0.147. The quantitative estimate of drug-likeness (QED) is 0.380. The van der Waals surface area contributed by atoms with Crippen LogP contribution in [0, 0.1) is 12.7 Å². The van der Waals surface area contributed by atoms with Gasteiger partial charge in [-0.05, 0) is 38.1 Å². The van der Waals surface area contributed by atoms with Crippen molar-refractivity contribution in [1.82, 2.24) is 0 Å². The predicted molar refractivity (Wildman–Crippen MR) is 120 cm³/mol. The van der Waals surface area contributed by atoms with Gasteiger partial charge in [-0.1, -0.05) is 60.2 Å². The fraction of sp³-hybridized carbons (Fsp3) is 0.192. The summed E-state index contributed by atoms with van der Waals surface area (Å²) in [6.07, 6.45) is -1.22. The predicted octanol–water partition coefficient (Wildman–Crippen LogP) is 5.00. The van der Waals surface area contributed by atoms with Gasteiger partial charge in [-0.15, -0.1) is 0 Å². The summed E-state index contributed by atoms with van der Waals surface area (Å²) in [5.74, 6) is -1.77. The van der Waals surface area contributed by atoms with E-state index in [0.29, 0.717) is 16.8 Å². The molecular formula is C26H24FNO4. The fourth-order valence-electron chi connectivity index (χ4n) is 3.13. The molecule has 0 spiro atoms. The molecule has 3 aromatic rings. The van der Waals surface area contributed by atoms with E-state index in [9.17, 15) is 18.8 Å². The van der Waals surface area contributed by atoms with Crippen LogP contribution >= 0.6 is 0 Å². The number of benzene rings is 3.